The molecular weight excluding hydrogens is 544 g/mol. The number of hydrogen-bond acceptors (Lipinski definition) is 4. The van der Waals surface area contributed by atoms with Gasteiger partial charge in [0.15, 0.2) is 0 Å². The Labute approximate surface area is 257 Å². The minimum atomic E-state index is -0.875. The Morgan fingerprint density at radius 2 is 1.23 bits per heavy atom. The minimum absolute atomic E-state index is 0.00746. The first-order chi connectivity index (χ1) is 21.5. The maximum atomic E-state index is 10.5. The molecule has 2 atom stereocenters. The molecular formula is C40H34O4. The molecule has 1 aliphatic heterocycles. The van der Waals surface area contributed by atoms with Crippen molar-refractivity contribution in [2.45, 2.75) is 37.7 Å². The van der Waals surface area contributed by atoms with Crippen LogP contribution >= 0.6 is 0 Å². The average molecular weight is 579 g/mol. The fraction of sp³-hybridized carbons (Fsp3) is 0.200. The van der Waals surface area contributed by atoms with E-state index in [-0.39, 0.29) is 18.4 Å². The molecule has 4 nitrogen and oxygen atoms in total. The van der Waals surface area contributed by atoms with Crippen LogP contribution in [0.3, 0.4) is 0 Å². The molecule has 4 heteroatoms. The van der Waals surface area contributed by atoms with Crippen LogP contribution in [0.2, 0.25) is 0 Å². The van der Waals surface area contributed by atoms with Crippen LogP contribution < -0.4 is 14.2 Å². The van der Waals surface area contributed by atoms with Gasteiger partial charge in [-0.1, -0.05) is 79.7 Å². The van der Waals surface area contributed by atoms with Gasteiger partial charge in [0.2, 0.25) is 0 Å². The number of ether oxygens (including phenoxy) is 3. The van der Waals surface area contributed by atoms with E-state index >= 15 is 0 Å². The average Bonchev–Trinajstić information content (AvgIpc) is 3.40. The normalized spacial score (nSPS) is 16.4. The maximum absolute atomic E-state index is 10.5. The van der Waals surface area contributed by atoms with Crippen molar-refractivity contribution in [2.75, 3.05) is 13.7 Å². The van der Waals surface area contributed by atoms with E-state index in [2.05, 4.69) is 97.1 Å². The van der Waals surface area contributed by atoms with Gasteiger partial charge >= 0.3 is 0 Å². The van der Waals surface area contributed by atoms with Crippen LogP contribution in [0, 0.1) is 0 Å². The van der Waals surface area contributed by atoms with Gasteiger partial charge in [-0.05, 0) is 93.5 Å². The fourth-order valence-corrected chi connectivity index (χ4v) is 7.15. The van der Waals surface area contributed by atoms with E-state index in [1.807, 2.05) is 19.1 Å². The zero-order chi connectivity index (χ0) is 30.0. The van der Waals surface area contributed by atoms with E-state index < -0.39 is 5.60 Å². The van der Waals surface area contributed by atoms with Gasteiger partial charge in [-0.25, -0.2) is 0 Å². The molecule has 8 rings (SSSR count). The minimum Gasteiger partial charge on any atom is -0.497 e. The van der Waals surface area contributed by atoms with Crippen LogP contribution in [0.5, 0.6) is 23.0 Å². The quantitative estimate of drug-likeness (QED) is 0.214. The summed E-state index contributed by atoms with van der Waals surface area (Å²) in [4.78, 5) is 0. The topological polar surface area (TPSA) is 47.9 Å². The number of hydrogen-bond donors (Lipinski definition) is 1. The highest BCUT2D eigenvalue weighted by Gasteiger charge is 2.42. The molecule has 6 aromatic carbocycles. The standard InChI is InChI=1S/C40H34O4/c1-4-40(2,41)23-43-27-16-18-29-25(22-27)14-20-35-38(29)39(36-32-11-7-5-9-30(32)31-10-6-8-12-33(31)36)37-28-17-15-26(42-3)21-24(28)13-19-34(37)44-35/h5-22,36,39,41H,4,23H2,1-3H3. The van der Waals surface area contributed by atoms with Gasteiger partial charge in [0, 0.05) is 23.0 Å². The van der Waals surface area contributed by atoms with Gasteiger partial charge in [0.1, 0.15) is 29.6 Å². The summed E-state index contributed by atoms with van der Waals surface area (Å²) in [6, 6.07) is 38.7. The lowest BCUT2D eigenvalue weighted by Gasteiger charge is -2.35. The lowest BCUT2D eigenvalue weighted by atomic mass is 9.72. The predicted octanol–water partition coefficient (Wildman–Crippen LogP) is 9.59. The molecule has 0 radical (unpaired) electrons. The summed E-state index contributed by atoms with van der Waals surface area (Å²) >= 11 is 0. The summed E-state index contributed by atoms with van der Waals surface area (Å²) in [6.45, 7) is 4.01. The van der Waals surface area contributed by atoms with E-state index in [4.69, 9.17) is 14.2 Å². The lowest BCUT2D eigenvalue weighted by molar-refractivity contribution is 0.00851. The summed E-state index contributed by atoms with van der Waals surface area (Å²) < 4.78 is 18.4. The Morgan fingerprint density at radius 1 is 0.682 bits per heavy atom. The van der Waals surface area contributed by atoms with Crippen LogP contribution in [-0.2, 0) is 0 Å². The first-order valence-electron chi connectivity index (χ1n) is 15.3. The molecule has 0 spiro atoms. The summed E-state index contributed by atoms with van der Waals surface area (Å²) in [6.07, 6.45) is 0.622. The van der Waals surface area contributed by atoms with E-state index in [0.29, 0.717) is 6.42 Å². The smallest absolute Gasteiger partial charge is 0.131 e. The SMILES string of the molecule is CCC(C)(O)COc1ccc2c3c(ccc2c1)Oc1ccc2cc(OC)ccc2c1C3C1c2ccccc2-c2ccccc21. The second-order valence-corrected chi connectivity index (χ2v) is 12.3. The van der Waals surface area contributed by atoms with Gasteiger partial charge in [-0.2, -0.15) is 0 Å². The van der Waals surface area contributed by atoms with Crippen LogP contribution in [0.15, 0.2) is 109 Å². The lowest BCUT2D eigenvalue weighted by Crippen LogP contribution is -2.31. The summed E-state index contributed by atoms with van der Waals surface area (Å²) in [5.41, 5.74) is 6.76. The molecule has 44 heavy (non-hydrogen) atoms. The largest absolute Gasteiger partial charge is 0.497 e. The monoisotopic (exact) mass is 578 g/mol. The summed E-state index contributed by atoms with van der Waals surface area (Å²) in [7, 11) is 1.71. The van der Waals surface area contributed by atoms with E-state index in [0.717, 1.165) is 39.2 Å². The van der Waals surface area contributed by atoms with Crippen molar-refractivity contribution in [1.29, 1.82) is 0 Å². The first kappa shape index (κ1) is 26.8. The van der Waals surface area contributed by atoms with Crippen LogP contribution in [0.25, 0.3) is 32.7 Å². The number of methoxy groups -OCH3 is 1. The predicted molar refractivity (Wildman–Crippen MR) is 176 cm³/mol. The molecule has 0 saturated heterocycles. The molecule has 0 fully saturated rings. The molecule has 1 aliphatic carbocycles. The Morgan fingerprint density at radius 3 is 1.80 bits per heavy atom. The number of aliphatic hydroxyl groups is 1. The molecule has 0 bridgehead atoms. The molecule has 1 heterocycles. The summed E-state index contributed by atoms with van der Waals surface area (Å²) in [5.74, 6) is 3.44. The molecule has 0 saturated carbocycles. The van der Waals surface area contributed by atoms with Gasteiger partial charge in [-0.15, -0.1) is 0 Å². The third-order valence-electron chi connectivity index (χ3n) is 9.59. The Bertz CT molecular complexity index is 2030. The van der Waals surface area contributed by atoms with Gasteiger partial charge in [-0.3, -0.25) is 0 Å². The molecule has 2 unspecified atom stereocenters. The Kier molecular flexibility index (Phi) is 6.18. The third kappa shape index (κ3) is 4.16. The van der Waals surface area contributed by atoms with Crippen molar-refractivity contribution in [1.82, 2.24) is 0 Å². The molecule has 218 valence electrons. The fourth-order valence-electron chi connectivity index (χ4n) is 7.15. The van der Waals surface area contributed by atoms with E-state index in [9.17, 15) is 5.11 Å². The second-order valence-electron chi connectivity index (χ2n) is 12.3. The highest BCUT2D eigenvalue weighted by molar-refractivity contribution is 5.96. The van der Waals surface area contributed by atoms with Crippen molar-refractivity contribution in [2.24, 2.45) is 0 Å². The highest BCUT2D eigenvalue weighted by atomic mass is 16.5. The second kappa shape index (κ2) is 10.1. The Balaban J connectivity index is 1.39. The molecule has 1 N–H and O–H groups in total. The number of benzene rings is 6. The van der Waals surface area contributed by atoms with Crippen molar-refractivity contribution in [3.8, 4) is 34.1 Å². The van der Waals surface area contributed by atoms with Crippen LogP contribution in [0.4, 0.5) is 0 Å². The third-order valence-corrected chi connectivity index (χ3v) is 9.59. The van der Waals surface area contributed by atoms with Crippen LogP contribution in [-0.4, -0.2) is 24.4 Å². The van der Waals surface area contributed by atoms with Crippen molar-refractivity contribution in [3.63, 3.8) is 0 Å². The van der Waals surface area contributed by atoms with E-state index in [1.165, 1.54) is 38.8 Å². The van der Waals surface area contributed by atoms with Gasteiger partial charge in [0.25, 0.3) is 0 Å². The van der Waals surface area contributed by atoms with Crippen molar-refractivity contribution < 1.29 is 19.3 Å². The molecule has 2 aliphatic rings. The van der Waals surface area contributed by atoms with Crippen LogP contribution in [0.1, 0.15) is 54.4 Å². The zero-order valence-electron chi connectivity index (χ0n) is 25.1. The first-order valence-corrected chi connectivity index (χ1v) is 15.3. The Hall–Kier alpha value is -4.80. The van der Waals surface area contributed by atoms with Gasteiger partial charge < -0.3 is 19.3 Å². The summed E-state index contributed by atoms with van der Waals surface area (Å²) in [5, 5.41) is 15.0. The van der Waals surface area contributed by atoms with Gasteiger partial charge in [0.05, 0.1) is 12.7 Å². The molecule has 6 aromatic rings. The zero-order valence-corrected chi connectivity index (χ0v) is 25.1. The highest BCUT2D eigenvalue weighted by Crippen LogP contribution is 2.60. The van der Waals surface area contributed by atoms with Crippen molar-refractivity contribution in [3.05, 3.63) is 131 Å². The molecule has 0 amide bonds. The number of rotatable bonds is 6. The van der Waals surface area contributed by atoms with Crippen molar-refractivity contribution >= 4 is 21.5 Å². The van der Waals surface area contributed by atoms with E-state index in [1.54, 1.807) is 14.0 Å². The number of fused-ring (bicyclic) bond motifs is 9. The maximum Gasteiger partial charge on any atom is 0.131 e. The molecule has 0 aromatic heterocycles.